The number of nitrogens with one attached hydrogen (secondary N) is 1. The molecule has 3 rings (SSSR count). The Bertz CT molecular complexity index is 1000. The molecule has 0 radical (unpaired) electrons. The summed E-state index contributed by atoms with van der Waals surface area (Å²) >= 11 is 0. The largest absolute Gasteiger partial charge is 0.421 e. The van der Waals surface area contributed by atoms with Crippen LogP contribution < -0.4 is 10.1 Å². The third-order valence-corrected chi connectivity index (χ3v) is 3.87. The van der Waals surface area contributed by atoms with Crippen LogP contribution in [0, 0.1) is 10.1 Å². The highest BCUT2D eigenvalue weighted by molar-refractivity contribution is 5.96. The molecular weight excluding hydrogens is 360 g/mol. The molecule has 0 heterocycles. The molecule has 140 valence electrons. The van der Waals surface area contributed by atoms with E-state index in [0.29, 0.717) is 5.56 Å². The first-order valence-electron chi connectivity index (χ1n) is 8.42. The summed E-state index contributed by atoms with van der Waals surface area (Å²) < 4.78 is 5.34. The number of esters is 1. The molecule has 0 saturated heterocycles. The van der Waals surface area contributed by atoms with Gasteiger partial charge >= 0.3 is 5.97 Å². The molecule has 0 atom stereocenters. The lowest BCUT2D eigenvalue weighted by molar-refractivity contribution is -0.384. The number of carbonyl (C=O) groups excluding carboxylic acids is 2. The van der Waals surface area contributed by atoms with E-state index in [0.717, 1.165) is 11.6 Å². The maximum Gasteiger partial charge on any atom is 0.343 e. The average Bonchev–Trinajstić information content (AvgIpc) is 2.70. The lowest BCUT2D eigenvalue weighted by Crippen LogP contribution is -2.16. The van der Waals surface area contributed by atoms with Crippen molar-refractivity contribution in [2.75, 3.05) is 5.32 Å². The van der Waals surface area contributed by atoms with Crippen LogP contribution in [-0.2, 0) is 11.2 Å². The van der Waals surface area contributed by atoms with Crippen LogP contribution in [-0.4, -0.2) is 16.8 Å². The van der Waals surface area contributed by atoms with Gasteiger partial charge in [-0.2, -0.15) is 0 Å². The van der Waals surface area contributed by atoms with E-state index < -0.39 is 10.9 Å². The highest BCUT2D eigenvalue weighted by Gasteiger charge is 2.17. The topological polar surface area (TPSA) is 98.5 Å². The first-order chi connectivity index (χ1) is 13.5. The van der Waals surface area contributed by atoms with Gasteiger partial charge < -0.3 is 10.1 Å². The average molecular weight is 376 g/mol. The molecular formula is C21H16N2O5. The number of non-ortho nitro benzene ring substituents is 1. The smallest absolute Gasteiger partial charge is 0.343 e. The SMILES string of the molecule is O=C(Cc1ccccc1)Nc1cc([N+](=O)[O-])ccc1OC(=O)c1ccccc1. The lowest BCUT2D eigenvalue weighted by atomic mass is 10.1. The summed E-state index contributed by atoms with van der Waals surface area (Å²) in [6.45, 7) is 0. The molecule has 3 aromatic carbocycles. The van der Waals surface area contributed by atoms with Crippen molar-refractivity contribution < 1.29 is 19.2 Å². The van der Waals surface area contributed by atoms with Crippen molar-refractivity contribution in [3.63, 3.8) is 0 Å². The van der Waals surface area contributed by atoms with E-state index in [1.165, 1.54) is 12.1 Å². The van der Waals surface area contributed by atoms with Crippen LogP contribution in [0.25, 0.3) is 0 Å². The third kappa shape index (κ3) is 4.79. The standard InChI is InChI=1S/C21H16N2O5/c24-20(13-15-7-3-1-4-8-15)22-18-14-17(23(26)27)11-12-19(18)28-21(25)16-9-5-2-6-10-16/h1-12,14H,13H2,(H,22,24). The van der Waals surface area contributed by atoms with Gasteiger partial charge in [-0.1, -0.05) is 48.5 Å². The number of hydrogen-bond donors (Lipinski definition) is 1. The molecule has 1 amide bonds. The number of hydrogen-bond acceptors (Lipinski definition) is 5. The zero-order valence-corrected chi connectivity index (χ0v) is 14.7. The number of ether oxygens (including phenoxy) is 1. The maximum absolute atomic E-state index is 12.3. The Morgan fingerprint density at radius 2 is 1.57 bits per heavy atom. The van der Waals surface area contributed by atoms with Crippen molar-refractivity contribution >= 4 is 23.3 Å². The van der Waals surface area contributed by atoms with E-state index in [-0.39, 0.29) is 29.5 Å². The Balaban J connectivity index is 1.82. The number of nitro benzene ring substituents is 1. The second-order valence-corrected chi connectivity index (χ2v) is 5.90. The normalized spacial score (nSPS) is 10.1. The van der Waals surface area contributed by atoms with Crippen LogP contribution in [0.2, 0.25) is 0 Å². The number of nitro groups is 1. The van der Waals surface area contributed by atoms with E-state index in [1.807, 2.05) is 18.2 Å². The van der Waals surface area contributed by atoms with Crippen molar-refractivity contribution in [1.29, 1.82) is 0 Å². The maximum atomic E-state index is 12.3. The summed E-state index contributed by atoms with van der Waals surface area (Å²) in [4.78, 5) is 35.1. The minimum atomic E-state index is -0.631. The fraction of sp³-hybridized carbons (Fsp3) is 0.0476. The molecule has 3 aromatic rings. The number of carbonyl (C=O) groups is 2. The molecule has 0 aromatic heterocycles. The molecule has 0 unspecified atom stereocenters. The van der Waals surface area contributed by atoms with Gasteiger partial charge in [0.15, 0.2) is 5.75 Å². The Kier molecular flexibility index (Phi) is 5.76. The van der Waals surface area contributed by atoms with Crippen LogP contribution >= 0.6 is 0 Å². The predicted octanol–water partition coefficient (Wildman–Crippen LogP) is 4.00. The second-order valence-electron chi connectivity index (χ2n) is 5.90. The number of nitrogens with zero attached hydrogens (tertiary/aromatic N) is 1. The summed E-state index contributed by atoms with van der Waals surface area (Å²) in [7, 11) is 0. The first-order valence-corrected chi connectivity index (χ1v) is 8.42. The highest BCUT2D eigenvalue weighted by atomic mass is 16.6. The summed E-state index contributed by atoms with van der Waals surface area (Å²) in [6.07, 6.45) is 0.0790. The van der Waals surface area contributed by atoms with Gasteiger partial charge in [0.2, 0.25) is 5.91 Å². The first kappa shape index (κ1) is 18.8. The summed E-state index contributed by atoms with van der Waals surface area (Å²) in [5.41, 5.74) is 0.935. The summed E-state index contributed by atoms with van der Waals surface area (Å²) in [5.74, 6) is -0.988. The summed E-state index contributed by atoms with van der Waals surface area (Å²) in [6, 6.07) is 21.0. The molecule has 0 aliphatic heterocycles. The van der Waals surface area contributed by atoms with Crippen LogP contribution in [0.1, 0.15) is 15.9 Å². The molecule has 0 saturated carbocycles. The van der Waals surface area contributed by atoms with Gasteiger partial charge in [-0.3, -0.25) is 14.9 Å². The second kappa shape index (κ2) is 8.59. The number of anilines is 1. The number of benzene rings is 3. The Morgan fingerprint density at radius 3 is 2.21 bits per heavy atom. The predicted molar refractivity (Wildman–Crippen MR) is 103 cm³/mol. The quantitative estimate of drug-likeness (QED) is 0.303. The third-order valence-electron chi connectivity index (χ3n) is 3.87. The minimum absolute atomic E-state index is 0.0286. The highest BCUT2D eigenvalue weighted by Crippen LogP contribution is 2.30. The van der Waals surface area contributed by atoms with Gasteiger partial charge in [-0.25, -0.2) is 4.79 Å². The van der Waals surface area contributed by atoms with E-state index in [2.05, 4.69) is 5.32 Å². The van der Waals surface area contributed by atoms with Crippen LogP contribution in [0.5, 0.6) is 5.75 Å². The molecule has 0 bridgehead atoms. The van der Waals surface area contributed by atoms with Crippen molar-refractivity contribution in [3.8, 4) is 5.75 Å². The molecule has 0 spiro atoms. The molecule has 0 aliphatic carbocycles. The molecule has 0 fully saturated rings. The Morgan fingerprint density at radius 1 is 0.929 bits per heavy atom. The molecule has 7 heteroatoms. The monoisotopic (exact) mass is 376 g/mol. The molecule has 7 nitrogen and oxygen atoms in total. The number of rotatable bonds is 6. The van der Waals surface area contributed by atoms with Crippen molar-refractivity contribution in [1.82, 2.24) is 0 Å². The van der Waals surface area contributed by atoms with E-state index >= 15 is 0 Å². The fourth-order valence-corrected chi connectivity index (χ4v) is 2.53. The number of amides is 1. The van der Waals surface area contributed by atoms with Gasteiger partial charge in [0.1, 0.15) is 0 Å². The van der Waals surface area contributed by atoms with Crippen LogP contribution in [0.15, 0.2) is 78.9 Å². The molecule has 0 aliphatic rings. The molecule has 28 heavy (non-hydrogen) atoms. The van der Waals surface area contributed by atoms with E-state index in [9.17, 15) is 19.7 Å². The van der Waals surface area contributed by atoms with E-state index in [4.69, 9.17) is 4.74 Å². The van der Waals surface area contributed by atoms with Crippen molar-refractivity contribution in [3.05, 3.63) is 100 Å². The lowest BCUT2D eigenvalue weighted by Gasteiger charge is -2.11. The molecule has 1 N–H and O–H groups in total. The van der Waals surface area contributed by atoms with E-state index in [1.54, 1.807) is 42.5 Å². The zero-order valence-electron chi connectivity index (χ0n) is 14.7. The van der Waals surface area contributed by atoms with Crippen LogP contribution in [0.4, 0.5) is 11.4 Å². The minimum Gasteiger partial charge on any atom is -0.421 e. The van der Waals surface area contributed by atoms with Gasteiger partial charge in [0, 0.05) is 12.1 Å². The Hall–Kier alpha value is -4.00. The van der Waals surface area contributed by atoms with Crippen molar-refractivity contribution in [2.24, 2.45) is 0 Å². The van der Waals surface area contributed by atoms with Gasteiger partial charge in [0.25, 0.3) is 5.69 Å². The van der Waals surface area contributed by atoms with Gasteiger partial charge in [0.05, 0.1) is 22.6 Å². The summed E-state index contributed by atoms with van der Waals surface area (Å²) in [5, 5.41) is 13.7. The van der Waals surface area contributed by atoms with Crippen LogP contribution in [0.3, 0.4) is 0 Å². The fourth-order valence-electron chi connectivity index (χ4n) is 2.53. The Labute approximate surface area is 160 Å². The van der Waals surface area contributed by atoms with Crippen molar-refractivity contribution in [2.45, 2.75) is 6.42 Å². The zero-order chi connectivity index (χ0) is 19.9. The van der Waals surface area contributed by atoms with Gasteiger partial charge in [-0.15, -0.1) is 0 Å². The van der Waals surface area contributed by atoms with Gasteiger partial charge in [-0.05, 0) is 23.8 Å².